The summed E-state index contributed by atoms with van der Waals surface area (Å²) < 4.78 is 15.9. The lowest BCUT2D eigenvalue weighted by Gasteiger charge is -2.11. The van der Waals surface area contributed by atoms with Gasteiger partial charge in [0.2, 0.25) is 0 Å². The molecule has 11 nitrogen and oxygen atoms in total. The minimum Gasteiger partial charge on any atom is -0.385 e. The van der Waals surface area contributed by atoms with Crippen molar-refractivity contribution in [1.82, 2.24) is 34.7 Å². The maximum atomic E-state index is 13.2. The van der Waals surface area contributed by atoms with Gasteiger partial charge in [0.25, 0.3) is 11.5 Å². The van der Waals surface area contributed by atoms with Gasteiger partial charge in [-0.1, -0.05) is 0 Å². The molecule has 0 spiro atoms. The molecule has 5 rings (SSSR count). The second-order valence-electron chi connectivity index (χ2n) is 7.66. The fourth-order valence-corrected chi connectivity index (χ4v) is 3.35. The highest BCUT2D eigenvalue weighted by Crippen LogP contribution is 2.26. The summed E-state index contributed by atoms with van der Waals surface area (Å²) in [6.07, 6.45) is 2.25. The highest BCUT2D eigenvalue weighted by atomic mass is 19.1. The quantitative estimate of drug-likeness (QED) is 0.405. The molecular formula is C21H20FN9O2. The van der Waals surface area contributed by atoms with Gasteiger partial charge in [-0.05, 0) is 31.2 Å². The van der Waals surface area contributed by atoms with Crippen molar-refractivity contribution in [1.29, 1.82) is 0 Å². The summed E-state index contributed by atoms with van der Waals surface area (Å²) in [5.74, 6) is 0.214. The van der Waals surface area contributed by atoms with Crippen LogP contribution < -0.4 is 21.5 Å². The van der Waals surface area contributed by atoms with Crippen molar-refractivity contribution >= 4 is 28.7 Å². The maximum Gasteiger partial charge on any atom is 0.280 e. The Kier molecular flexibility index (Phi) is 4.96. The fourth-order valence-electron chi connectivity index (χ4n) is 3.35. The van der Waals surface area contributed by atoms with Crippen LogP contribution in [0.15, 0.2) is 47.5 Å². The molecule has 0 saturated heterocycles. The van der Waals surface area contributed by atoms with E-state index in [9.17, 15) is 14.0 Å². The molecule has 4 aromatic rings. The first kappa shape index (κ1) is 20.5. The number of nitrogens with zero attached hydrogens (tertiary/aromatic N) is 6. The van der Waals surface area contributed by atoms with Crippen LogP contribution in [0, 0.1) is 6.92 Å². The average Bonchev–Trinajstić information content (AvgIpc) is 3.32. The van der Waals surface area contributed by atoms with E-state index in [1.165, 1.54) is 15.3 Å². The van der Waals surface area contributed by atoms with Gasteiger partial charge in [-0.2, -0.15) is 5.10 Å². The molecule has 4 heterocycles. The number of aromatic nitrogens is 6. The summed E-state index contributed by atoms with van der Waals surface area (Å²) in [6.45, 7) is 1.81. The topological polar surface area (TPSA) is 131 Å². The second kappa shape index (κ2) is 7.97. The Hall–Kier alpha value is -4.35. The van der Waals surface area contributed by atoms with Gasteiger partial charge in [-0.25, -0.2) is 13.9 Å². The van der Waals surface area contributed by atoms with Crippen molar-refractivity contribution in [3.63, 3.8) is 0 Å². The van der Waals surface area contributed by atoms with E-state index in [0.29, 0.717) is 29.4 Å². The van der Waals surface area contributed by atoms with E-state index >= 15 is 0 Å². The van der Waals surface area contributed by atoms with Gasteiger partial charge >= 0.3 is 0 Å². The normalized spacial score (nSPS) is 17.1. The first-order valence-corrected chi connectivity index (χ1v) is 10.3. The molecule has 1 saturated carbocycles. The number of pyridine rings is 1. The van der Waals surface area contributed by atoms with Gasteiger partial charge in [0.05, 0.1) is 23.6 Å². The number of anilines is 3. The number of nitrogens with one attached hydrogen (secondary N) is 3. The van der Waals surface area contributed by atoms with Crippen LogP contribution in [0.25, 0.3) is 11.5 Å². The summed E-state index contributed by atoms with van der Waals surface area (Å²) in [6, 6.07) is 7.96. The SMILES string of the molecule is CNc1cc(Nc2cccn(-c3ccc(C)nn3)c2=O)nn2c(C(=O)N[C@@H]3C[C@@H]3F)cnc12. The summed E-state index contributed by atoms with van der Waals surface area (Å²) >= 11 is 0. The molecule has 1 amide bonds. The van der Waals surface area contributed by atoms with Crippen molar-refractivity contribution in [2.24, 2.45) is 0 Å². The number of fused-ring (bicyclic) bond motifs is 1. The van der Waals surface area contributed by atoms with Crippen LogP contribution in [-0.4, -0.2) is 54.5 Å². The number of aryl methyl sites for hydroxylation is 1. The Morgan fingerprint density at radius 3 is 2.73 bits per heavy atom. The van der Waals surface area contributed by atoms with Crippen LogP contribution >= 0.6 is 0 Å². The third-order valence-corrected chi connectivity index (χ3v) is 5.24. The van der Waals surface area contributed by atoms with E-state index in [-0.39, 0.29) is 16.9 Å². The fraction of sp³-hybridized carbons (Fsp3) is 0.238. The van der Waals surface area contributed by atoms with Crippen molar-refractivity contribution < 1.29 is 9.18 Å². The first-order chi connectivity index (χ1) is 15.9. The Bertz CT molecular complexity index is 1410. The van der Waals surface area contributed by atoms with Crippen molar-refractivity contribution in [3.8, 4) is 5.82 Å². The molecular weight excluding hydrogens is 429 g/mol. The molecule has 33 heavy (non-hydrogen) atoms. The number of amides is 1. The number of halogens is 1. The van der Waals surface area contributed by atoms with Gasteiger partial charge in [0.15, 0.2) is 23.0 Å². The van der Waals surface area contributed by atoms with Gasteiger partial charge < -0.3 is 16.0 Å². The zero-order chi connectivity index (χ0) is 23.1. The molecule has 0 aliphatic heterocycles. The van der Waals surface area contributed by atoms with Crippen LogP contribution in [0.5, 0.6) is 0 Å². The highest BCUT2D eigenvalue weighted by molar-refractivity contribution is 5.94. The second-order valence-corrected chi connectivity index (χ2v) is 7.66. The summed E-state index contributed by atoms with van der Waals surface area (Å²) in [5.41, 5.74) is 1.79. The number of alkyl halides is 1. The maximum absolute atomic E-state index is 13.2. The molecule has 12 heteroatoms. The molecule has 4 aromatic heterocycles. The standard InChI is InChI=1S/C21H20FN9O2/c1-11-5-6-18(28-27-11)30-7-3-4-13(21(30)33)25-17-9-15(23-2)19-24-10-16(31(19)29-17)20(32)26-14-8-12(14)22/h3-7,9-10,12,14,23H,8H2,1-2H3,(H,25,29)(H,26,32)/t12-,14+/m0/s1. The zero-order valence-corrected chi connectivity index (χ0v) is 17.8. The smallest absolute Gasteiger partial charge is 0.280 e. The number of carbonyl (C=O) groups is 1. The molecule has 1 aliphatic rings. The molecule has 0 unspecified atom stereocenters. The Morgan fingerprint density at radius 2 is 2.03 bits per heavy atom. The van der Waals surface area contributed by atoms with Gasteiger partial charge in [0.1, 0.15) is 11.9 Å². The lowest BCUT2D eigenvalue weighted by molar-refractivity contribution is 0.0940. The van der Waals surface area contributed by atoms with Gasteiger partial charge in [-0.3, -0.25) is 14.2 Å². The predicted octanol–water partition coefficient (Wildman–Crippen LogP) is 1.60. The summed E-state index contributed by atoms with van der Waals surface area (Å²) in [7, 11) is 1.71. The van der Waals surface area contributed by atoms with Gasteiger partial charge in [0, 0.05) is 25.7 Å². The molecule has 2 atom stereocenters. The third kappa shape index (κ3) is 3.86. The lowest BCUT2D eigenvalue weighted by Crippen LogP contribution is -2.28. The lowest BCUT2D eigenvalue weighted by atomic mass is 10.3. The number of hydrogen-bond donors (Lipinski definition) is 3. The molecule has 3 N–H and O–H groups in total. The molecule has 0 aromatic carbocycles. The summed E-state index contributed by atoms with van der Waals surface area (Å²) in [5, 5.41) is 21.1. The van der Waals surface area contributed by atoms with E-state index in [4.69, 9.17) is 0 Å². The van der Waals surface area contributed by atoms with Crippen molar-refractivity contribution in [2.75, 3.05) is 17.7 Å². The number of rotatable bonds is 6. The summed E-state index contributed by atoms with van der Waals surface area (Å²) in [4.78, 5) is 29.9. The van der Waals surface area contributed by atoms with Crippen LogP contribution in [0.1, 0.15) is 22.6 Å². The first-order valence-electron chi connectivity index (χ1n) is 10.3. The van der Waals surface area contributed by atoms with E-state index in [1.807, 2.05) is 6.92 Å². The van der Waals surface area contributed by atoms with Crippen molar-refractivity contribution in [2.45, 2.75) is 25.6 Å². The van der Waals surface area contributed by atoms with Gasteiger partial charge in [-0.15, -0.1) is 10.2 Å². The number of hydrogen-bond acceptors (Lipinski definition) is 8. The van der Waals surface area contributed by atoms with E-state index in [2.05, 4.69) is 36.2 Å². The molecule has 0 bridgehead atoms. The highest BCUT2D eigenvalue weighted by Gasteiger charge is 2.39. The van der Waals surface area contributed by atoms with Crippen LogP contribution in [0.3, 0.4) is 0 Å². The van der Waals surface area contributed by atoms with E-state index in [1.54, 1.807) is 43.6 Å². The minimum atomic E-state index is -1.02. The van der Waals surface area contributed by atoms with Crippen LogP contribution in [0.2, 0.25) is 0 Å². The monoisotopic (exact) mass is 449 g/mol. The third-order valence-electron chi connectivity index (χ3n) is 5.24. The average molecular weight is 449 g/mol. The Labute approximate surface area is 186 Å². The molecule has 168 valence electrons. The molecule has 0 radical (unpaired) electrons. The van der Waals surface area contributed by atoms with Crippen LogP contribution in [0.4, 0.5) is 21.6 Å². The zero-order valence-electron chi connectivity index (χ0n) is 17.8. The van der Waals surface area contributed by atoms with Crippen molar-refractivity contribution in [3.05, 3.63) is 64.5 Å². The molecule has 1 aliphatic carbocycles. The van der Waals surface area contributed by atoms with E-state index < -0.39 is 18.1 Å². The Balaban J connectivity index is 1.51. The number of carbonyl (C=O) groups excluding carboxylic acids is 1. The van der Waals surface area contributed by atoms with Crippen LogP contribution in [-0.2, 0) is 0 Å². The minimum absolute atomic E-state index is 0.157. The predicted molar refractivity (Wildman–Crippen MR) is 119 cm³/mol. The van der Waals surface area contributed by atoms with E-state index in [0.717, 1.165) is 5.69 Å². The Morgan fingerprint density at radius 1 is 1.21 bits per heavy atom. The number of imidazole rings is 1. The largest absolute Gasteiger partial charge is 0.385 e. The molecule has 1 fully saturated rings.